The lowest BCUT2D eigenvalue weighted by molar-refractivity contribution is 0.404. The standard InChI is InChI=1S/C23H15F4N3S3/c1-4-12-7-16(33-20(12)23-31-10(2)11(3)32-23)13-5-6-15(29-9-13)14(8-28)17-18(24)21(26)30-22(27)19(17)25/h5-7,9H,4H2,1-3H3/b15-14-,16-13+. The van der Waals surface area contributed by atoms with Crippen molar-refractivity contribution in [3.05, 3.63) is 88.5 Å². The molecule has 0 aromatic carbocycles. The molecule has 0 atom stereocenters. The molecule has 0 amide bonds. The molecule has 168 valence electrons. The number of aromatic nitrogens is 2. The van der Waals surface area contributed by atoms with E-state index in [2.05, 4.69) is 36.8 Å². The minimum atomic E-state index is -1.83. The van der Waals surface area contributed by atoms with Gasteiger partial charge in [0.1, 0.15) is 6.07 Å². The molecule has 0 fully saturated rings. The van der Waals surface area contributed by atoms with Crippen LogP contribution in [0.3, 0.4) is 0 Å². The number of thiophene rings is 1. The zero-order valence-corrected chi connectivity index (χ0v) is 20.0. The Balaban J connectivity index is 1.93. The van der Waals surface area contributed by atoms with Gasteiger partial charge in [0, 0.05) is 15.9 Å². The van der Waals surface area contributed by atoms with Crippen LogP contribution >= 0.6 is 34.9 Å². The summed E-state index contributed by atoms with van der Waals surface area (Å²) in [5, 5.41) is 10.1. The van der Waals surface area contributed by atoms with Gasteiger partial charge in [-0.25, -0.2) is 8.78 Å². The minimum absolute atomic E-state index is 0.108. The zero-order valence-electron chi connectivity index (χ0n) is 17.6. The smallest absolute Gasteiger partial charge is 0.252 e. The molecular weight excluding hydrogens is 490 g/mol. The number of halogens is 4. The summed E-state index contributed by atoms with van der Waals surface area (Å²) in [4.78, 5) is 9.24. The second-order valence-electron chi connectivity index (χ2n) is 7.04. The van der Waals surface area contributed by atoms with Crippen molar-refractivity contribution >= 4 is 44.7 Å². The number of thioether (sulfide) groups is 2. The first kappa shape index (κ1) is 23.5. The lowest BCUT2D eigenvalue weighted by atomic mass is 10.1. The van der Waals surface area contributed by atoms with E-state index in [0.29, 0.717) is 0 Å². The summed E-state index contributed by atoms with van der Waals surface area (Å²) in [5.74, 6) is -7.14. The lowest BCUT2D eigenvalue weighted by Gasteiger charge is -2.04. The van der Waals surface area contributed by atoms with Crippen molar-refractivity contribution in [2.45, 2.75) is 27.2 Å². The van der Waals surface area contributed by atoms with Crippen molar-refractivity contribution < 1.29 is 17.6 Å². The average molecular weight is 506 g/mol. The molecule has 0 N–H and O–H groups in total. The minimum Gasteiger partial charge on any atom is -0.255 e. The van der Waals surface area contributed by atoms with Crippen LogP contribution in [0.5, 0.6) is 0 Å². The summed E-state index contributed by atoms with van der Waals surface area (Å²) in [6.07, 6.45) is 2.32. The lowest BCUT2D eigenvalue weighted by Crippen LogP contribution is -2.15. The van der Waals surface area contributed by atoms with Gasteiger partial charge in [0.05, 0.1) is 25.3 Å². The number of nitriles is 1. The van der Waals surface area contributed by atoms with E-state index in [9.17, 15) is 22.8 Å². The Labute approximate surface area is 198 Å². The fourth-order valence-corrected chi connectivity index (χ4v) is 7.21. The van der Waals surface area contributed by atoms with Gasteiger partial charge in [-0.05, 0) is 53.8 Å². The number of allylic oxidation sites excluding steroid dienone is 2. The molecule has 0 saturated carbocycles. The number of pyridine rings is 2. The molecule has 1 aliphatic heterocycles. The third kappa shape index (κ3) is 4.33. The van der Waals surface area contributed by atoms with Crippen molar-refractivity contribution in [1.82, 2.24) is 9.97 Å². The molecule has 33 heavy (non-hydrogen) atoms. The monoisotopic (exact) mass is 505 g/mol. The second kappa shape index (κ2) is 9.33. The molecule has 0 aliphatic carbocycles. The van der Waals surface area contributed by atoms with Gasteiger partial charge in [-0.15, -0.1) is 11.3 Å². The summed E-state index contributed by atoms with van der Waals surface area (Å²) in [5.41, 5.74) is -0.545. The van der Waals surface area contributed by atoms with Gasteiger partial charge in [-0.1, -0.05) is 30.4 Å². The molecule has 3 aromatic rings. The van der Waals surface area contributed by atoms with Crippen molar-refractivity contribution in [2.24, 2.45) is 0 Å². The van der Waals surface area contributed by atoms with E-state index in [1.807, 2.05) is 0 Å². The highest BCUT2D eigenvalue weighted by Gasteiger charge is 2.24. The van der Waals surface area contributed by atoms with Crippen molar-refractivity contribution in [3.63, 3.8) is 0 Å². The molecule has 4 rings (SSSR count). The highest BCUT2D eigenvalue weighted by atomic mass is 32.2. The Morgan fingerprint density at radius 3 is 2.18 bits per heavy atom. The first-order valence-electron chi connectivity index (χ1n) is 9.72. The highest BCUT2D eigenvalue weighted by molar-refractivity contribution is 8.35. The Hall–Kier alpha value is -2.61. The van der Waals surface area contributed by atoms with E-state index in [-0.39, 0.29) is 5.35 Å². The number of hydrogen-bond acceptors (Lipinski definition) is 6. The Morgan fingerprint density at radius 1 is 1.03 bits per heavy atom. The van der Waals surface area contributed by atoms with Gasteiger partial charge >= 0.3 is 0 Å². The van der Waals surface area contributed by atoms with E-state index in [4.69, 9.17) is 0 Å². The maximum atomic E-state index is 14.1. The van der Waals surface area contributed by atoms with Crippen LogP contribution in [0.25, 0.3) is 9.81 Å². The first-order valence-corrected chi connectivity index (χ1v) is 12.2. The Bertz CT molecular complexity index is 1520. The normalized spacial score (nSPS) is 15.8. The van der Waals surface area contributed by atoms with Gasteiger partial charge in [-0.2, -0.15) is 19.0 Å². The molecular formula is C23H15F4N3S3. The van der Waals surface area contributed by atoms with E-state index in [1.54, 1.807) is 47.0 Å². The summed E-state index contributed by atoms with van der Waals surface area (Å²) in [6.45, 7) is 6.27. The molecule has 0 bridgehead atoms. The molecule has 3 nitrogen and oxygen atoms in total. The molecule has 4 heterocycles. The zero-order chi connectivity index (χ0) is 23.9. The molecule has 0 saturated heterocycles. The summed E-state index contributed by atoms with van der Waals surface area (Å²) >= 11 is 5.13. The van der Waals surface area contributed by atoms with E-state index in [0.717, 1.165) is 16.2 Å². The van der Waals surface area contributed by atoms with Crippen LogP contribution in [0.4, 0.5) is 17.6 Å². The predicted octanol–water partition coefficient (Wildman–Crippen LogP) is 5.46. The summed E-state index contributed by atoms with van der Waals surface area (Å²) in [6, 6.07) is 6.74. The van der Waals surface area contributed by atoms with Crippen molar-refractivity contribution in [3.8, 4) is 6.07 Å². The van der Waals surface area contributed by atoms with Gasteiger partial charge in [-0.3, -0.25) is 4.98 Å². The van der Waals surface area contributed by atoms with Crippen LogP contribution in [-0.4, -0.2) is 9.97 Å². The van der Waals surface area contributed by atoms with Crippen LogP contribution in [0.2, 0.25) is 0 Å². The molecule has 0 unspecified atom stereocenters. The fourth-order valence-electron chi connectivity index (χ4n) is 3.18. The van der Waals surface area contributed by atoms with Crippen LogP contribution in [-0.2, 0) is 6.42 Å². The van der Waals surface area contributed by atoms with E-state index < -0.39 is 34.7 Å². The molecule has 0 radical (unpaired) electrons. The number of rotatable bonds is 2. The second-order valence-corrected chi connectivity index (χ2v) is 10.8. The molecule has 10 heteroatoms. The van der Waals surface area contributed by atoms with Gasteiger partial charge in [0.25, 0.3) is 11.9 Å². The predicted molar refractivity (Wildman–Crippen MR) is 124 cm³/mol. The first-order chi connectivity index (χ1) is 15.7. The summed E-state index contributed by atoms with van der Waals surface area (Å²) < 4.78 is 58.7. The SMILES string of the molecule is CCc1c/c(=c2/cc/c(=C(\C#N)c3c(F)c(F)nc(F)c3F)nc2)sc1=C1SC(C)=C(C)S1. The largest absolute Gasteiger partial charge is 0.255 e. The molecule has 1 aliphatic rings. The number of nitrogens with zero attached hydrogens (tertiary/aromatic N) is 3. The Kier molecular flexibility index (Phi) is 6.66. The third-order valence-electron chi connectivity index (χ3n) is 5.03. The van der Waals surface area contributed by atoms with E-state index >= 15 is 0 Å². The van der Waals surface area contributed by atoms with E-state index in [1.165, 1.54) is 36.4 Å². The van der Waals surface area contributed by atoms with Crippen LogP contribution in [0.1, 0.15) is 31.9 Å². The highest BCUT2D eigenvalue weighted by Crippen LogP contribution is 2.49. The molecule has 0 spiro atoms. The molecule has 3 aromatic heterocycles. The fraction of sp³-hybridized carbons (Fsp3) is 0.174. The van der Waals surface area contributed by atoms with Gasteiger partial charge in [0.15, 0.2) is 11.6 Å². The maximum Gasteiger partial charge on any atom is 0.252 e. The quantitative estimate of drug-likeness (QED) is 0.342. The van der Waals surface area contributed by atoms with Crippen LogP contribution in [0, 0.1) is 44.6 Å². The average Bonchev–Trinajstić information content (AvgIpc) is 3.38. The van der Waals surface area contributed by atoms with Gasteiger partial charge < -0.3 is 0 Å². The van der Waals surface area contributed by atoms with Crippen molar-refractivity contribution in [1.29, 1.82) is 5.26 Å². The summed E-state index contributed by atoms with van der Waals surface area (Å²) in [7, 11) is 0. The third-order valence-corrected chi connectivity index (χ3v) is 9.16. The Morgan fingerprint density at radius 2 is 1.67 bits per heavy atom. The van der Waals surface area contributed by atoms with Crippen LogP contribution < -0.4 is 9.88 Å². The maximum absolute atomic E-state index is 14.1. The van der Waals surface area contributed by atoms with Crippen LogP contribution in [0.15, 0.2) is 34.2 Å². The number of hydrogen-bond donors (Lipinski definition) is 0. The topological polar surface area (TPSA) is 49.6 Å². The number of aryl methyl sites for hydroxylation is 1. The van der Waals surface area contributed by atoms with Crippen molar-refractivity contribution in [2.75, 3.05) is 0 Å². The van der Waals surface area contributed by atoms with Gasteiger partial charge in [0.2, 0.25) is 0 Å².